The van der Waals surface area contributed by atoms with E-state index in [9.17, 15) is 24.0 Å². The molecule has 0 aliphatic rings. The maximum absolute atomic E-state index is 11.8. The fourth-order valence-corrected chi connectivity index (χ4v) is 9.72. The summed E-state index contributed by atoms with van der Waals surface area (Å²) < 4.78 is 23.8. The van der Waals surface area contributed by atoms with Crippen LogP contribution in [0, 0.1) is 0 Å². The van der Waals surface area contributed by atoms with Gasteiger partial charge in [0.1, 0.15) is 0 Å². The second kappa shape index (κ2) is 9.43. The van der Waals surface area contributed by atoms with Crippen LogP contribution in [-0.2, 0) is 38.0 Å². The fraction of sp³-hybridized carbons (Fsp3) is 0. The van der Waals surface area contributed by atoms with Crippen molar-refractivity contribution in [2.24, 2.45) is 0 Å². The van der Waals surface area contributed by atoms with E-state index in [4.69, 9.17) is 14.1 Å². The van der Waals surface area contributed by atoms with Crippen LogP contribution in [-0.4, -0.2) is 50.8 Å². The van der Waals surface area contributed by atoms with E-state index in [1.807, 2.05) is 0 Å². The number of hydrogen-bond donors (Lipinski definition) is 0. The first kappa shape index (κ1) is 22.9. The van der Waals surface area contributed by atoms with Gasteiger partial charge in [0.25, 0.3) is 0 Å². The first-order valence-electron chi connectivity index (χ1n) is 6.44. The zero-order chi connectivity index (χ0) is 20.4. The quantitative estimate of drug-likeness (QED) is 0.273. The Morgan fingerprint density at radius 2 is 0.615 bits per heavy atom. The van der Waals surface area contributed by atoms with Crippen LogP contribution in [0.3, 0.4) is 0 Å². The fourth-order valence-electron chi connectivity index (χ4n) is 1.11. The molecule has 0 bridgehead atoms. The third-order valence-electron chi connectivity index (χ3n) is 2.03. The minimum atomic E-state index is -7.58. The maximum atomic E-state index is 11.8. The molecule has 0 aliphatic heterocycles. The van der Waals surface area contributed by atoms with Gasteiger partial charge in [0, 0.05) is 0 Å². The van der Waals surface area contributed by atoms with Crippen molar-refractivity contribution in [3.63, 3.8) is 0 Å². The van der Waals surface area contributed by atoms with Crippen molar-refractivity contribution in [3.8, 4) is 0 Å². The van der Waals surface area contributed by atoms with Gasteiger partial charge in [-0.05, 0) is 0 Å². The predicted octanol–water partition coefficient (Wildman–Crippen LogP) is 0.519. The topological polar surface area (TPSA) is 132 Å². The van der Waals surface area contributed by atoms with Gasteiger partial charge in [-0.2, -0.15) is 0 Å². The Morgan fingerprint density at radius 1 is 0.462 bits per heavy atom. The molecule has 0 heterocycles. The summed E-state index contributed by atoms with van der Waals surface area (Å²) in [5, 5.41) is 0. The first-order valence-corrected chi connectivity index (χ1v) is 13.5. The Hall–Kier alpha value is -3.07. The van der Waals surface area contributed by atoms with Crippen LogP contribution in [0.2, 0.25) is 0 Å². The second-order valence-corrected chi connectivity index (χ2v) is 13.2. The predicted molar refractivity (Wildman–Crippen MR) is 87.2 cm³/mol. The van der Waals surface area contributed by atoms with E-state index >= 15 is 0 Å². The summed E-state index contributed by atoms with van der Waals surface area (Å²) in [7, 11) is 0. The molecule has 0 saturated carbocycles. The van der Waals surface area contributed by atoms with Gasteiger partial charge < -0.3 is 0 Å². The van der Waals surface area contributed by atoms with Gasteiger partial charge >= 0.3 is 152 Å². The molecule has 0 aliphatic carbocycles. The Labute approximate surface area is 152 Å². The van der Waals surface area contributed by atoms with E-state index < -0.39 is 50.8 Å². The average Bonchev–Trinajstić information content (AvgIpc) is 2.60. The second-order valence-electron chi connectivity index (χ2n) is 3.82. The third kappa shape index (κ3) is 6.10. The monoisotopic (exact) mass is 564 g/mol. The molecular weight excluding hydrogens is 549 g/mol. The SMILES string of the molecule is C=CC(=O)[O][Bi]([O]C(=O)C=C)([O]C(=O)C=C)([O]C(=O)C=C)[O]C(=O)C=C. The molecule has 26 heavy (non-hydrogen) atoms. The molecule has 0 radical (unpaired) electrons. The van der Waals surface area contributed by atoms with Gasteiger partial charge in [0.05, 0.1) is 0 Å². The number of carbonyl (C=O) groups excluding carboxylic acids is 5. The average molecular weight is 564 g/mol. The Bertz CT molecular complexity index is 560. The van der Waals surface area contributed by atoms with Crippen molar-refractivity contribution in [3.05, 3.63) is 63.3 Å². The van der Waals surface area contributed by atoms with Crippen LogP contribution in [0.4, 0.5) is 0 Å². The van der Waals surface area contributed by atoms with E-state index in [2.05, 4.69) is 32.9 Å². The Kier molecular flexibility index (Phi) is 8.31. The molecule has 0 unspecified atom stereocenters. The van der Waals surface area contributed by atoms with E-state index in [0.29, 0.717) is 30.4 Å². The molecule has 140 valence electrons. The zero-order valence-corrected chi connectivity index (χ0v) is 16.9. The zero-order valence-electron chi connectivity index (χ0n) is 13.5. The van der Waals surface area contributed by atoms with Gasteiger partial charge in [-0.3, -0.25) is 0 Å². The minimum absolute atomic E-state index is 0.543. The van der Waals surface area contributed by atoms with Crippen LogP contribution in [0.5, 0.6) is 0 Å². The van der Waals surface area contributed by atoms with Crippen molar-refractivity contribution in [2.75, 3.05) is 0 Å². The molecule has 10 nitrogen and oxygen atoms in total. The van der Waals surface area contributed by atoms with Crippen LogP contribution >= 0.6 is 0 Å². The summed E-state index contributed by atoms with van der Waals surface area (Å²) in [4.78, 5) is 58.8. The van der Waals surface area contributed by atoms with Crippen molar-refractivity contribution >= 4 is 50.8 Å². The van der Waals surface area contributed by atoms with Crippen molar-refractivity contribution < 1.29 is 38.0 Å². The molecular formula is C15H15BiO10. The summed E-state index contributed by atoms with van der Waals surface area (Å²) >= 11 is -7.58. The van der Waals surface area contributed by atoms with E-state index in [1.165, 1.54) is 0 Å². The Morgan fingerprint density at radius 3 is 0.731 bits per heavy atom. The molecule has 0 aromatic carbocycles. The number of carbonyl (C=O) groups is 5. The Balaban J connectivity index is 6.81. The van der Waals surface area contributed by atoms with Crippen LogP contribution < -0.4 is 0 Å². The molecule has 11 heteroatoms. The van der Waals surface area contributed by atoms with Crippen LogP contribution in [0.15, 0.2) is 63.3 Å². The first-order chi connectivity index (χ1) is 12.1. The molecule has 0 atom stereocenters. The molecule has 0 fully saturated rings. The molecule has 0 aromatic rings. The molecule has 0 rings (SSSR count). The van der Waals surface area contributed by atoms with Crippen LogP contribution in [0.25, 0.3) is 0 Å². The normalized spacial score (nSPS) is 11.2. The molecule has 0 saturated heterocycles. The number of rotatable bonds is 10. The summed E-state index contributed by atoms with van der Waals surface area (Å²) in [6, 6.07) is 0. The van der Waals surface area contributed by atoms with Gasteiger partial charge in [-0.25, -0.2) is 0 Å². The summed E-state index contributed by atoms with van der Waals surface area (Å²) in [6.45, 7) is 15.5. The van der Waals surface area contributed by atoms with E-state index in [1.54, 1.807) is 0 Å². The van der Waals surface area contributed by atoms with Crippen LogP contribution in [0.1, 0.15) is 0 Å². The third-order valence-corrected chi connectivity index (χ3v) is 11.3. The standard InChI is InChI=1S/5C3H4O2.Bi/c5*1-2-3(4)5;/h5*2H,1H2,(H,4,5);/q;;;;;+5/p-5. The summed E-state index contributed by atoms with van der Waals surface area (Å²) in [5.74, 6) is -7.01. The van der Waals surface area contributed by atoms with Crippen molar-refractivity contribution in [2.45, 2.75) is 0 Å². The molecule has 0 N–H and O–H groups in total. The molecule has 0 spiro atoms. The summed E-state index contributed by atoms with van der Waals surface area (Å²) in [6.07, 6.45) is 2.72. The van der Waals surface area contributed by atoms with E-state index in [-0.39, 0.29) is 0 Å². The van der Waals surface area contributed by atoms with Gasteiger partial charge in [0.15, 0.2) is 0 Å². The van der Waals surface area contributed by atoms with Crippen molar-refractivity contribution in [1.29, 1.82) is 0 Å². The van der Waals surface area contributed by atoms with Crippen molar-refractivity contribution in [1.82, 2.24) is 0 Å². The molecule has 0 aromatic heterocycles. The van der Waals surface area contributed by atoms with Gasteiger partial charge in [0.2, 0.25) is 0 Å². The van der Waals surface area contributed by atoms with E-state index in [0.717, 1.165) is 0 Å². The summed E-state index contributed by atoms with van der Waals surface area (Å²) in [5.41, 5.74) is 0. The number of hydrogen-bond acceptors (Lipinski definition) is 10. The van der Waals surface area contributed by atoms with Gasteiger partial charge in [-0.15, -0.1) is 0 Å². The molecule has 0 amide bonds. The van der Waals surface area contributed by atoms with Gasteiger partial charge in [-0.1, -0.05) is 0 Å².